The second-order valence-electron chi connectivity index (χ2n) is 8.06. The van der Waals surface area contributed by atoms with Crippen LogP contribution in [0.1, 0.15) is 16.8 Å². The zero-order valence-corrected chi connectivity index (χ0v) is 19.8. The van der Waals surface area contributed by atoms with Crippen molar-refractivity contribution in [3.8, 4) is 5.69 Å². The van der Waals surface area contributed by atoms with Crippen molar-refractivity contribution in [1.29, 1.82) is 0 Å². The number of anilines is 1. The van der Waals surface area contributed by atoms with Gasteiger partial charge in [-0.3, -0.25) is 9.24 Å². The lowest BCUT2D eigenvalue weighted by Crippen LogP contribution is -2.36. The van der Waals surface area contributed by atoms with Crippen LogP contribution in [0.5, 0.6) is 0 Å². The topological polar surface area (TPSA) is 62.5 Å². The molecule has 0 fully saturated rings. The average molecular weight is 495 g/mol. The van der Waals surface area contributed by atoms with Crippen molar-refractivity contribution in [2.75, 3.05) is 12.1 Å². The zero-order chi connectivity index (χ0) is 24.8. The molecule has 178 valence electrons. The fourth-order valence-corrected chi connectivity index (χ4v) is 6.54. The van der Waals surface area contributed by atoms with Gasteiger partial charge in [-0.2, -0.15) is 18.3 Å². The van der Waals surface area contributed by atoms with Crippen molar-refractivity contribution >= 4 is 30.1 Å². The van der Waals surface area contributed by atoms with Gasteiger partial charge in [0.1, 0.15) is 11.1 Å². The van der Waals surface area contributed by atoms with Crippen LogP contribution in [-0.2, 0) is 10.7 Å². The van der Waals surface area contributed by atoms with Crippen molar-refractivity contribution < 1.29 is 17.7 Å². The molecule has 1 N–H and O–H groups in total. The minimum atomic E-state index is -4.63. The molecule has 0 saturated heterocycles. The Kier molecular flexibility index (Phi) is 5.52. The van der Waals surface area contributed by atoms with Gasteiger partial charge < -0.3 is 5.09 Å². The smallest absolute Gasteiger partial charge is 0.316 e. The minimum absolute atomic E-state index is 0.264. The van der Waals surface area contributed by atoms with Gasteiger partial charge in [-0.1, -0.05) is 60.7 Å². The van der Waals surface area contributed by atoms with E-state index in [9.17, 15) is 17.7 Å². The molecule has 1 aliphatic rings. The second-order valence-corrected chi connectivity index (χ2v) is 10.5. The fourth-order valence-electron chi connectivity index (χ4n) is 4.13. The quantitative estimate of drug-likeness (QED) is 0.345. The third kappa shape index (κ3) is 3.91. The van der Waals surface area contributed by atoms with Crippen LogP contribution in [-0.4, -0.2) is 27.3 Å². The van der Waals surface area contributed by atoms with E-state index < -0.39 is 19.2 Å². The maximum absolute atomic E-state index is 14.8. The Morgan fingerprint density at radius 2 is 1.49 bits per heavy atom. The number of amidine groups is 1. The van der Waals surface area contributed by atoms with E-state index >= 15 is 0 Å². The molecule has 5 rings (SSSR count). The summed E-state index contributed by atoms with van der Waals surface area (Å²) in [6.07, 6.45) is -4.63. The second kappa shape index (κ2) is 8.43. The Morgan fingerprint density at radius 1 is 0.886 bits per heavy atom. The summed E-state index contributed by atoms with van der Waals surface area (Å²) in [5.74, 6) is 0.668. The number of aryl methyl sites for hydroxylation is 1. The number of alkyl halides is 3. The summed E-state index contributed by atoms with van der Waals surface area (Å²) in [7, 11) is -2.33. The van der Waals surface area contributed by atoms with Crippen LogP contribution in [0.25, 0.3) is 5.69 Å². The van der Waals surface area contributed by atoms with Gasteiger partial charge in [-0.25, -0.2) is 9.67 Å². The highest BCUT2D eigenvalue weighted by atomic mass is 31.2. The first-order valence-electron chi connectivity index (χ1n) is 10.8. The number of nitrogens with one attached hydrogen (secondary N) is 1. The first kappa shape index (κ1) is 22.9. The molecule has 1 atom stereocenters. The lowest BCUT2D eigenvalue weighted by molar-refractivity contribution is -0.136. The number of para-hydroxylation sites is 2. The Labute approximate surface area is 200 Å². The molecular weight excluding hydrogens is 474 g/mol. The molecule has 35 heavy (non-hydrogen) atoms. The van der Waals surface area contributed by atoms with E-state index in [-0.39, 0.29) is 11.0 Å². The first-order valence-corrected chi connectivity index (χ1v) is 12.4. The number of rotatable bonds is 4. The summed E-state index contributed by atoms with van der Waals surface area (Å²) in [6.45, 7) is 1.68. The number of aromatic nitrogens is 2. The van der Waals surface area contributed by atoms with E-state index in [4.69, 9.17) is 4.99 Å². The Bertz CT molecular complexity index is 1470. The van der Waals surface area contributed by atoms with Crippen LogP contribution in [0.15, 0.2) is 89.9 Å². The van der Waals surface area contributed by atoms with E-state index in [2.05, 4.69) is 10.2 Å². The summed E-state index contributed by atoms with van der Waals surface area (Å²) in [6, 6.07) is 23.3. The van der Waals surface area contributed by atoms with Gasteiger partial charge in [0.25, 0.3) is 7.44 Å². The molecule has 0 aliphatic carbocycles. The predicted octanol–water partition coefficient (Wildman–Crippen LogP) is 6.15. The van der Waals surface area contributed by atoms with E-state index in [1.807, 2.05) is 60.7 Å². The zero-order valence-electron chi connectivity index (χ0n) is 18.9. The van der Waals surface area contributed by atoms with Crippen LogP contribution >= 0.6 is 7.44 Å². The molecule has 1 aromatic heterocycles. The lowest BCUT2D eigenvalue weighted by Gasteiger charge is -2.35. The van der Waals surface area contributed by atoms with Crippen LogP contribution < -0.4 is 10.4 Å². The first-order chi connectivity index (χ1) is 16.7. The summed E-state index contributed by atoms with van der Waals surface area (Å²) >= 11 is 0. The van der Waals surface area contributed by atoms with E-state index in [0.717, 1.165) is 6.07 Å². The summed E-state index contributed by atoms with van der Waals surface area (Å²) in [4.78, 5) is 4.81. The van der Waals surface area contributed by atoms with Gasteiger partial charge in [-0.05, 0) is 31.2 Å². The number of fused-ring (bicyclic) bond motifs is 1. The van der Waals surface area contributed by atoms with Crippen LogP contribution in [0.2, 0.25) is 0 Å². The van der Waals surface area contributed by atoms with Crippen molar-refractivity contribution in [3.63, 3.8) is 0 Å². The van der Waals surface area contributed by atoms with E-state index in [1.165, 1.54) is 22.9 Å². The Balaban J connectivity index is 1.76. The van der Waals surface area contributed by atoms with Crippen molar-refractivity contribution in [2.45, 2.75) is 13.1 Å². The SMILES string of the molecule is Cc1nn(-c2ccccc2)c2c1P(=O)(Nc1ccccc1C(F)(F)F)N(C)C(c1ccccc1)=N2. The number of hydrogen-bond donors (Lipinski definition) is 1. The average Bonchev–Trinajstić information content (AvgIpc) is 3.19. The molecule has 0 spiro atoms. The highest BCUT2D eigenvalue weighted by Crippen LogP contribution is 2.55. The lowest BCUT2D eigenvalue weighted by atomic mass is 10.2. The third-order valence-electron chi connectivity index (χ3n) is 5.79. The Hall–Kier alpha value is -3.84. The van der Waals surface area contributed by atoms with Crippen molar-refractivity contribution in [3.05, 3.63) is 102 Å². The van der Waals surface area contributed by atoms with Crippen molar-refractivity contribution in [1.82, 2.24) is 14.5 Å². The number of nitrogens with zero attached hydrogens (tertiary/aromatic N) is 4. The van der Waals surface area contributed by atoms with Crippen LogP contribution in [0.4, 0.5) is 24.7 Å². The van der Waals surface area contributed by atoms with Gasteiger partial charge in [-0.15, -0.1) is 0 Å². The standard InChI is InChI=1S/C25H21F3N5OP/c1-17-22-24(33(30-17)19-13-7-4-8-14-19)29-23(18-11-5-3-6-12-18)32(2)35(22,34)31-21-16-10-9-15-20(21)25(26,27)28/h3-16H,1-2H3,(H,31,34). The molecule has 1 unspecified atom stereocenters. The molecule has 6 nitrogen and oxygen atoms in total. The highest BCUT2D eigenvalue weighted by molar-refractivity contribution is 7.72. The number of hydrogen-bond acceptors (Lipinski definition) is 3. The maximum atomic E-state index is 14.8. The minimum Gasteiger partial charge on any atom is -0.316 e. The van der Waals surface area contributed by atoms with Crippen LogP contribution in [0, 0.1) is 6.92 Å². The van der Waals surface area contributed by atoms with Gasteiger partial charge in [0.2, 0.25) is 0 Å². The van der Waals surface area contributed by atoms with Gasteiger partial charge in [0.15, 0.2) is 5.82 Å². The molecule has 0 amide bonds. The summed E-state index contributed by atoms with van der Waals surface area (Å²) in [5, 5.41) is 7.62. The molecule has 1 aliphatic heterocycles. The molecule has 10 heteroatoms. The Morgan fingerprint density at radius 3 is 2.14 bits per heavy atom. The van der Waals surface area contributed by atoms with Crippen LogP contribution in [0.3, 0.4) is 0 Å². The predicted molar refractivity (Wildman–Crippen MR) is 131 cm³/mol. The fraction of sp³-hybridized carbons (Fsp3) is 0.120. The molecule has 0 bridgehead atoms. The van der Waals surface area contributed by atoms with E-state index in [0.29, 0.717) is 28.6 Å². The number of benzene rings is 3. The molecular formula is C25H21F3N5OP. The summed E-state index contributed by atoms with van der Waals surface area (Å²) < 4.78 is 59.2. The third-order valence-corrected chi connectivity index (χ3v) is 8.49. The maximum Gasteiger partial charge on any atom is 0.418 e. The molecule has 0 saturated carbocycles. The van der Waals surface area contributed by atoms with E-state index in [1.54, 1.807) is 18.7 Å². The monoisotopic (exact) mass is 495 g/mol. The normalized spacial score (nSPS) is 17.6. The van der Waals surface area contributed by atoms with Gasteiger partial charge in [0.05, 0.1) is 22.6 Å². The highest BCUT2D eigenvalue weighted by Gasteiger charge is 2.45. The number of halogens is 3. The largest absolute Gasteiger partial charge is 0.418 e. The summed E-state index contributed by atoms with van der Waals surface area (Å²) in [5.41, 5.74) is 0.598. The molecule has 4 aromatic rings. The molecule has 0 radical (unpaired) electrons. The van der Waals surface area contributed by atoms with Gasteiger partial charge >= 0.3 is 6.18 Å². The van der Waals surface area contributed by atoms with Gasteiger partial charge in [0, 0.05) is 12.6 Å². The molecule has 3 aromatic carbocycles. The van der Waals surface area contributed by atoms with Crippen molar-refractivity contribution in [2.24, 2.45) is 4.99 Å². The number of aliphatic imine (C=N–C) groups is 1. The molecule has 2 heterocycles.